The predicted octanol–water partition coefficient (Wildman–Crippen LogP) is 0.257. The number of nitrogens with zero attached hydrogens (tertiary/aromatic N) is 2. The number of rotatable bonds is 6. The molecule has 0 aliphatic rings. The molecule has 1 rings (SSSR count). The molecule has 0 radical (unpaired) electrons. The Balaban J connectivity index is 2.41. The number of H-pyrrole nitrogens is 1. The Hall–Kier alpha value is -0.590. The average Bonchev–Trinajstić information content (AvgIpc) is 2.68. The molecule has 5 nitrogen and oxygen atoms in total. The molecule has 3 N–H and O–H groups in total. The van der Waals surface area contributed by atoms with Gasteiger partial charge in [0.05, 0.1) is 6.61 Å². The van der Waals surface area contributed by atoms with Crippen molar-refractivity contribution in [3.8, 4) is 0 Å². The van der Waals surface area contributed by atoms with Gasteiger partial charge >= 0.3 is 0 Å². The highest BCUT2D eigenvalue weighted by Crippen LogP contribution is 2.17. The summed E-state index contributed by atoms with van der Waals surface area (Å²) in [5, 5.41) is 19.8. The van der Waals surface area contributed by atoms with Crippen LogP contribution in [0.3, 0.4) is 0 Å². The fourth-order valence-electron chi connectivity index (χ4n) is 1.07. The van der Waals surface area contributed by atoms with Gasteiger partial charge in [-0.25, -0.2) is 4.98 Å². The van der Waals surface area contributed by atoms with Crippen molar-refractivity contribution in [2.45, 2.75) is 24.5 Å². The number of likely N-dealkylation sites (N-methyl/N-ethyl adjacent to an activating group) is 1. The molecule has 0 saturated heterocycles. The van der Waals surface area contributed by atoms with Gasteiger partial charge in [-0.3, -0.25) is 5.10 Å². The van der Waals surface area contributed by atoms with E-state index in [9.17, 15) is 5.11 Å². The first kappa shape index (κ1) is 11.5. The van der Waals surface area contributed by atoms with Crippen molar-refractivity contribution in [3.05, 3.63) is 6.33 Å². The van der Waals surface area contributed by atoms with Crippen molar-refractivity contribution in [3.63, 3.8) is 0 Å². The molecule has 0 aliphatic carbocycles. The first-order valence-corrected chi connectivity index (χ1v) is 5.53. The third kappa shape index (κ3) is 3.28. The summed E-state index contributed by atoms with van der Waals surface area (Å²) in [6, 6.07) is 0. The maximum Gasteiger partial charge on any atom is 0.183 e. The first-order valence-electron chi connectivity index (χ1n) is 4.54. The lowest BCUT2D eigenvalue weighted by Gasteiger charge is -2.27. The summed E-state index contributed by atoms with van der Waals surface area (Å²) in [7, 11) is 0. The topological polar surface area (TPSA) is 73.8 Å². The molecule has 14 heavy (non-hydrogen) atoms. The monoisotopic (exact) mass is 216 g/mol. The summed E-state index contributed by atoms with van der Waals surface area (Å²) in [6.45, 7) is 4.96. The maximum absolute atomic E-state index is 9.22. The van der Waals surface area contributed by atoms with Crippen molar-refractivity contribution in [1.82, 2.24) is 20.5 Å². The SMILES string of the molecule is CCNC(C)(CO)CSc1ncn[nH]1. The second kappa shape index (κ2) is 5.33. The molecule has 80 valence electrons. The Morgan fingerprint density at radius 2 is 2.50 bits per heavy atom. The minimum absolute atomic E-state index is 0.113. The summed E-state index contributed by atoms with van der Waals surface area (Å²) in [5.41, 5.74) is -0.258. The second-order valence-electron chi connectivity index (χ2n) is 3.33. The Labute approximate surface area is 87.7 Å². The van der Waals surface area contributed by atoms with Crippen LogP contribution in [-0.2, 0) is 0 Å². The van der Waals surface area contributed by atoms with E-state index in [1.807, 2.05) is 13.8 Å². The van der Waals surface area contributed by atoms with Crippen LogP contribution in [0.2, 0.25) is 0 Å². The molecule has 0 amide bonds. The normalized spacial score (nSPS) is 15.4. The predicted molar refractivity (Wildman–Crippen MR) is 56.3 cm³/mol. The molecule has 0 saturated carbocycles. The fraction of sp³-hybridized carbons (Fsp3) is 0.750. The zero-order chi connectivity index (χ0) is 10.4. The lowest BCUT2D eigenvalue weighted by atomic mass is 10.1. The highest BCUT2D eigenvalue weighted by Gasteiger charge is 2.22. The van der Waals surface area contributed by atoms with Crippen molar-refractivity contribution >= 4 is 11.8 Å². The van der Waals surface area contributed by atoms with Gasteiger partial charge in [-0.15, -0.1) is 0 Å². The van der Waals surface area contributed by atoms with E-state index in [0.717, 1.165) is 17.5 Å². The van der Waals surface area contributed by atoms with Crippen LogP contribution in [0.1, 0.15) is 13.8 Å². The first-order chi connectivity index (χ1) is 6.70. The fourth-order valence-corrected chi connectivity index (χ4v) is 1.96. The Kier molecular flexibility index (Phi) is 4.37. The van der Waals surface area contributed by atoms with Crippen molar-refractivity contribution < 1.29 is 5.11 Å². The third-order valence-corrected chi connectivity index (χ3v) is 3.12. The van der Waals surface area contributed by atoms with E-state index in [1.165, 1.54) is 6.33 Å². The van der Waals surface area contributed by atoms with Crippen molar-refractivity contribution in [1.29, 1.82) is 0 Å². The number of aliphatic hydroxyl groups excluding tert-OH is 1. The van der Waals surface area contributed by atoms with Crippen LogP contribution >= 0.6 is 11.8 Å². The summed E-state index contributed by atoms with van der Waals surface area (Å²) in [4.78, 5) is 4.00. The summed E-state index contributed by atoms with van der Waals surface area (Å²) in [5.74, 6) is 0.756. The average molecular weight is 216 g/mol. The van der Waals surface area contributed by atoms with Crippen molar-refractivity contribution in [2.75, 3.05) is 18.9 Å². The molecule has 1 unspecified atom stereocenters. The summed E-state index contributed by atoms with van der Waals surface area (Å²) >= 11 is 1.55. The molecule has 6 heteroatoms. The highest BCUT2D eigenvalue weighted by atomic mass is 32.2. The van der Waals surface area contributed by atoms with E-state index in [-0.39, 0.29) is 12.1 Å². The Morgan fingerprint density at radius 3 is 3.00 bits per heavy atom. The van der Waals surface area contributed by atoms with Gasteiger partial charge in [-0.1, -0.05) is 18.7 Å². The minimum Gasteiger partial charge on any atom is -0.394 e. The van der Waals surface area contributed by atoms with E-state index in [0.29, 0.717) is 0 Å². The molecule has 1 heterocycles. The lowest BCUT2D eigenvalue weighted by Crippen LogP contribution is -2.47. The number of thioether (sulfide) groups is 1. The second-order valence-corrected chi connectivity index (χ2v) is 4.29. The van der Waals surface area contributed by atoms with Gasteiger partial charge in [0, 0.05) is 11.3 Å². The highest BCUT2D eigenvalue weighted by molar-refractivity contribution is 7.99. The van der Waals surface area contributed by atoms with E-state index in [1.54, 1.807) is 11.8 Å². The molecule has 0 aliphatic heterocycles. The number of nitrogens with one attached hydrogen (secondary N) is 2. The molecular weight excluding hydrogens is 200 g/mol. The molecule has 1 atom stereocenters. The van der Waals surface area contributed by atoms with Crippen LogP contribution in [0.5, 0.6) is 0 Å². The lowest BCUT2D eigenvalue weighted by molar-refractivity contribution is 0.194. The molecular formula is C8H16N4OS. The summed E-state index contributed by atoms with van der Waals surface area (Å²) < 4.78 is 0. The molecule has 1 aromatic heterocycles. The molecule has 0 spiro atoms. The summed E-state index contributed by atoms with van der Waals surface area (Å²) in [6.07, 6.45) is 1.48. The Morgan fingerprint density at radius 1 is 1.71 bits per heavy atom. The largest absolute Gasteiger partial charge is 0.394 e. The number of hydrogen-bond acceptors (Lipinski definition) is 5. The maximum atomic E-state index is 9.22. The van der Waals surface area contributed by atoms with Crippen LogP contribution in [-0.4, -0.2) is 44.7 Å². The number of aromatic amines is 1. The number of aromatic nitrogens is 3. The number of hydrogen-bond donors (Lipinski definition) is 3. The van der Waals surface area contributed by atoms with Crippen LogP contribution in [0, 0.1) is 0 Å². The van der Waals surface area contributed by atoms with Gasteiger partial charge in [0.25, 0.3) is 0 Å². The van der Waals surface area contributed by atoms with Gasteiger partial charge in [0.2, 0.25) is 0 Å². The standard InChI is InChI=1S/C8H16N4OS/c1-3-10-8(2,4-13)5-14-7-9-6-11-12-7/h6,10,13H,3-5H2,1-2H3,(H,9,11,12). The van der Waals surface area contributed by atoms with Crippen molar-refractivity contribution in [2.24, 2.45) is 0 Å². The van der Waals surface area contributed by atoms with Gasteiger partial charge in [-0.05, 0) is 13.5 Å². The van der Waals surface area contributed by atoms with E-state index in [2.05, 4.69) is 20.5 Å². The van der Waals surface area contributed by atoms with Gasteiger partial charge in [0.15, 0.2) is 5.16 Å². The van der Waals surface area contributed by atoms with Crippen LogP contribution in [0.25, 0.3) is 0 Å². The zero-order valence-corrected chi connectivity index (χ0v) is 9.27. The van der Waals surface area contributed by atoms with E-state index in [4.69, 9.17) is 0 Å². The van der Waals surface area contributed by atoms with Gasteiger partial charge in [0.1, 0.15) is 6.33 Å². The molecule has 0 aromatic carbocycles. The van der Waals surface area contributed by atoms with E-state index < -0.39 is 0 Å². The quantitative estimate of drug-likeness (QED) is 0.595. The van der Waals surface area contributed by atoms with Gasteiger partial charge in [-0.2, -0.15) is 5.10 Å². The van der Waals surface area contributed by atoms with Crippen LogP contribution in [0.4, 0.5) is 0 Å². The van der Waals surface area contributed by atoms with Crippen LogP contribution < -0.4 is 5.32 Å². The van der Waals surface area contributed by atoms with Crippen LogP contribution in [0.15, 0.2) is 11.5 Å². The smallest absolute Gasteiger partial charge is 0.183 e. The zero-order valence-electron chi connectivity index (χ0n) is 8.45. The molecule has 1 aromatic rings. The minimum atomic E-state index is -0.258. The van der Waals surface area contributed by atoms with E-state index >= 15 is 0 Å². The number of aliphatic hydroxyl groups is 1. The third-order valence-electron chi connectivity index (χ3n) is 1.87. The molecule has 0 bridgehead atoms. The van der Waals surface area contributed by atoms with Gasteiger partial charge < -0.3 is 10.4 Å². The molecule has 0 fully saturated rings. The Bertz CT molecular complexity index is 254.